The van der Waals surface area contributed by atoms with Crippen LogP contribution < -0.4 is 0 Å². The Labute approximate surface area is 120 Å². The highest BCUT2D eigenvalue weighted by atomic mass is 19.4. The lowest BCUT2D eigenvalue weighted by molar-refractivity contribution is -0.151. The van der Waals surface area contributed by atoms with Crippen LogP contribution in [0.15, 0.2) is 24.3 Å². The minimum atomic E-state index is -4.22. The summed E-state index contributed by atoms with van der Waals surface area (Å²) in [6.07, 6.45) is -4.29. The first kappa shape index (κ1) is 15.8. The van der Waals surface area contributed by atoms with Crippen LogP contribution in [-0.2, 0) is 11.2 Å². The Morgan fingerprint density at radius 3 is 2.29 bits per heavy atom. The van der Waals surface area contributed by atoms with E-state index in [0.29, 0.717) is 5.56 Å². The number of piperazine rings is 1. The van der Waals surface area contributed by atoms with E-state index in [0.717, 1.165) is 0 Å². The number of halogens is 4. The van der Waals surface area contributed by atoms with E-state index >= 15 is 0 Å². The summed E-state index contributed by atoms with van der Waals surface area (Å²) in [5.41, 5.74) is 0.306. The number of hydrogen-bond donors (Lipinski definition) is 0. The van der Waals surface area contributed by atoms with Crippen LogP contribution in [-0.4, -0.2) is 54.6 Å². The van der Waals surface area contributed by atoms with Crippen molar-refractivity contribution in [2.24, 2.45) is 0 Å². The van der Waals surface area contributed by atoms with E-state index in [1.54, 1.807) is 12.1 Å². The molecule has 0 bridgehead atoms. The molecule has 1 aliphatic heterocycles. The standard InChI is InChI=1S/C14H16F4N2O/c15-12-4-2-1-3-11(12)9-13(21)20-7-5-19(6-8-20)10-14(16,17)18/h1-4H,5-10H2. The largest absolute Gasteiger partial charge is 0.401 e. The third-order valence-electron chi connectivity index (χ3n) is 3.43. The van der Waals surface area contributed by atoms with Crippen molar-refractivity contribution in [1.29, 1.82) is 0 Å². The van der Waals surface area contributed by atoms with Gasteiger partial charge in [-0.25, -0.2) is 4.39 Å². The molecule has 21 heavy (non-hydrogen) atoms. The third-order valence-corrected chi connectivity index (χ3v) is 3.43. The lowest BCUT2D eigenvalue weighted by Crippen LogP contribution is -2.51. The molecule has 0 atom stereocenters. The number of benzene rings is 1. The second-order valence-corrected chi connectivity index (χ2v) is 5.04. The van der Waals surface area contributed by atoms with E-state index in [-0.39, 0.29) is 38.5 Å². The molecule has 0 aromatic heterocycles. The summed E-state index contributed by atoms with van der Waals surface area (Å²) < 4.78 is 50.3. The Morgan fingerprint density at radius 2 is 1.71 bits per heavy atom. The van der Waals surface area contributed by atoms with E-state index in [1.165, 1.54) is 21.9 Å². The predicted molar refractivity (Wildman–Crippen MR) is 69.2 cm³/mol. The summed E-state index contributed by atoms with van der Waals surface area (Å²) >= 11 is 0. The van der Waals surface area contributed by atoms with Crippen LogP contribution in [0.5, 0.6) is 0 Å². The number of nitrogens with zero attached hydrogens (tertiary/aromatic N) is 2. The molecule has 7 heteroatoms. The van der Waals surface area contributed by atoms with Crippen LogP contribution in [0, 0.1) is 5.82 Å². The molecule has 3 nitrogen and oxygen atoms in total. The molecule has 0 N–H and O–H groups in total. The highest BCUT2D eigenvalue weighted by Crippen LogP contribution is 2.18. The van der Waals surface area contributed by atoms with Crippen molar-refractivity contribution in [1.82, 2.24) is 9.80 Å². The van der Waals surface area contributed by atoms with Crippen molar-refractivity contribution in [2.45, 2.75) is 12.6 Å². The maximum atomic E-state index is 13.5. The number of carbonyl (C=O) groups excluding carboxylic acids is 1. The van der Waals surface area contributed by atoms with Gasteiger partial charge in [-0.1, -0.05) is 18.2 Å². The van der Waals surface area contributed by atoms with Gasteiger partial charge in [0.1, 0.15) is 5.82 Å². The molecule has 0 radical (unpaired) electrons. The monoisotopic (exact) mass is 304 g/mol. The van der Waals surface area contributed by atoms with Gasteiger partial charge in [-0.3, -0.25) is 9.69 Å². The highest BCUT2D eigenvalue weighted by molar-refractivity contribution is 5.78. The molecule has 0 spiro atoms. The molecule has 0 aliphatic carbocycles. The van der Waals surface area contributed by atoms with Crippen molar-refractivity contribution in [3.63, 3.8) is 0 Å². The van der Waals surface area contributed by atoms with Gasteiger partial charge in [0.05, 0.1) is 13.0 Å². The van der Waals surface area contributed by atoms with Crippen LogP contribution in [0.3, 0.4) is 0 Å². The minimum absolute atomic E-state index is 0.0635. The van der Waals surface area contributed by atoms with Crippen molar-refractivity contribution >= 4 is 5.91 Å². The lowest BCUT2D eigenvalue weighted by atomic mass is 10.1. The van der Waals surface area contributed by atoms with Gasteiger partial charge in [0.2, 0.25) is 5.91 Å². The molecule has 2 rings (SSSR count). The predicted octanol–water partition coefficient (Wildman–Crippen LogP) is 2.07. The molecule has 1 amide bonds. The van der Waals surface area contributed by atoms with Gasteiger partial charge in [0.15, 0.2) is 0 Å². The smallest absolute Gasteiger partial charge is 0.340 e. The first-order chi connectivity index (χ1) is 9.85. The third kappa shape index (κ3) is 4.70. The van der Waals surface area contributed by atoms with E-state index in [4.69, 9.17) is 0 Å². The van der Waals surface area contributed by atoms with Crippen LogP contribution in [0.2, 0.25) is 0 Å². The molecule has 0 unspecified atom stereocenters. The van der Waals surface area contributed by atoms with Gasteiger partial charge in [-0.2, -0.15) is 13.2 Å². The fraction of sp³-hybridized carbons (Fsp3) is 0.500. The van der Waals surface area contributed by atoms with Gasteiger partial charge in [-0.05, 0) is 11.6 Å². The molecule has 1 heterocycles. The van der Waals surface area contributed by atoms with Gasteiger partial charge >= 0.3 is 6.18 Å². The Bertz CT molecular complexity index is 496. The fourth-order valence-corrected chi connectivity index (χ4v) is 2.33. The Balaban J connectivity index is 1.85. The average molecular weight is 304 g/mol. The molecule has 1 saturated heterocycles. The van der Waals surface area contributed by atoms with Gasteiger partial charge in [0.25, 0.3) is 0 Å². The summed E-state index contributed by atoms with van der Waals surface area (Å²) in [6, 6.07) is 6.00. The minimum Gasteiger partial charge on any atom is -0.340 e. The SMILES string of the molecule is O=C(Cc1ccccc1F)N1CCN(CC(F)(F)F)CC1. The lowest BCUT2D eigenvalue weighted by Gasteiger charge is -2.35. The summed E-state index contributed by atoms with van der Waals surface area (Å²) in [5, 5.41) is 0. The first-order valence-electron chi connectivity index (χ1n) is 6.65. The molecule has 1 aromatic carbocycles. The van der Waals surface area contributed by atoms with Crippen LogP contribution in [0.1, 0.15) is 5.56 Å². The Kier molecular flexibility index (Phi) is 4.82. The number of hydrogen-bond acceptors (Lipinski definition) is 2. The molecular formula is C14H16F4N2O. The second kappa shape index (κ2) is 6.43. The van der Waals surface area contributed by atoms with E-state index in [2.05, 4.69) is 0 Å². The van der Waals surface area contributed by atoms with E-state index in [1.807, 2.05) is 0 Å². The number of alkyl halides is 3. The van der Waals surface area contributed by atoms with Gasteiger partial charge in [-0.15, -0.1) is 0 Å². The molecule has 1 fully saturated rings. The maximum absolute atomic E-state index is 13.5. The van der Waals surface area contributed by atoms with E-state index in [9.17, 15) is 22.4 Å². The summed E-state index contributed by atoms with van der Waals surface area (Å²) in [6.45, 7) is -0.111. The Morgan fingerprint density at radius 1 is 1.10 bits per heavy atom. The molecule has 1 aromatic rings. The van der Waals surface area contributed by atoms with Crippen molar-refractivity contribution in [3.05, 3.63) is 35.6 Å². The highest BCUT2D eigenvalue weighted by Gasteiger charge is 2.32. The second-order valence-electron chi connectivity index (χ2n) is 5.04. The van der Waals surface area contributed by atoms with Crippen LogP contribution in [0.4, 0.5) is 17.6 Å². The molecule has 116 valence electrons. The number of carbonyl (C=O) groups is 1. The van der Waals surface area contributed by atoms with Gasteiger partial charge in [0, 0.05) is 26.2 Å². The summed E-state index contributed by atoms with van der Waals surface area (Å²) in [5.74, 6) is -0.701. The zero-order chi connectivity index (χ0) is 15.5. The fourth-order valence-electron chi connectivity index (χ4n) is 2.33. The van der Waals surface area contributed by atoms with Crippen LogP contribution >= 0.6 is 0 Å². The molecular weight excluding hydrogens is 288 g/mol. The summed E-state index contributed by atoms with van der Waals surface area (Å²) in [7, 11) is 0. The summed E-state index contributed by atoms with van der Waals surface area (Å²) in [4.78, 5) is 14.8. The zero-order valence-electron chi connectivity index (χ0n) is 11.4. The van der Waals surface area contributed by atoms with Crippen molar-refractivity contribution in [2.75, 3.05) is 32.7 Å². The van der Waals surface area contributed by atoms with Crippen molar-refractivity contribution < 1.29 is 22.4 Å². The average Bonchev–Trinajstić information content (AvgIpc) is 2.40. The maximum Gasteiger partial charge on any atom is 0.401 e. The van der Waals surface area contributed by atoms with E-state index < -0.39 is 18.5 Å². The van der Waals surface area contributed by atoms with Crippen molar-refractivity contribution in [3.8, 4) is 0 Å². The number of rotatable bonds is 3. The number of amides is 1. The van der Waals surface area contributed by atoms with Crippen LogP contribution in [0.25, 0.3) is 0 Å². The normalized spacial score (nSPS) is 17.0. The van der Waals surface area contributed by atoms with Gasteiger partial charge < -0.3 is 4.90 Å². The zero-order valence-corrected chi connectivity index (χ0v) is 11.4. The molecule has 0 saturated carbocycles. The first-order valence-corrected chi connectivity index (χ1v) is 6.65. The molecule has 1 aliphatic rings. The Hall–Kier alpha value is -1.63. The quantitative estimate of drug-likeness (QED) is 0.798. The topological polar surface area (TPSA) is 23.6 Å².